The van der Waals surface area contributed by atoms with Crippen LogP contribution in [0.2, 0.25) is 0 Å². The standard InChI is InChI=1S/C17H18N2O4S2/c1-13-8-10-15(11-9-13)24(20)17-12-14(2)18-19(17)23-25(21,22)16-6-4-3-5-7-16/h3-11,17H,12H2,1-2H3. The van der Waals surface area contributed by atoms with Crippen molar-refractivity contribution < 1.29 is 16.9 Å². The highest BCUT2D eigenvalue weighted by Crippen LogP contribution is 2.26. The molecule has 1 aliphatic rings. The molecule has 0 spiro atoms. The summed E-state index contributed by atoms with van der Waals surface area (Å²) < 4.78 is 42.8. The van der Waals surface area contributed by atoms with Gasteiger partial charge in [0, 0.05) is 17.0 Å². The van der Waals surface area contributed by atoms with E-state index in [4.69, 9.17) is 4.28 Å². The Balaban J connectivity index is 1.84. The summed E-state index contributed by atoms with van der Waals surface area (Å²) in [5.41, 5.74) is 1.72. The molecule has 0 saturated heterocycles. The molecule has 132 valence electrons. The molecule has 0 bridgehead atoms. The molecule has 6 nitrogen and oxygen atoms in total. The zero-order valence-electron chi connectivity index (χ0n) is 13.8. The largest absolute Gasteiger partial charge is 0.319 e. The molecule has 1 aliphatic heterocycles. The van der Waals surface area contributed by atoms with Crippen LogP contribution in [0.4, 0.5) is 0 Å². The summed E-state index contributed by atoms with van der Waals surface area (Å²) in [5.74, 6) is 0. The van der Waals surface area contributed by atoms with E-state index in [-0.39, 0.29) is 4.90 Å². The molecule has 0 saturated carbocycles. The zero-order valence-corrected chi connectivity index (χ0v) is 15.5. The van der Waals surface area contributed by atoms with Crippen LogP contribution in [0.1, 0.15) is 18.9 Å². The number of hydrogen-bond acceptors (Lipinski definition) is 6. The molecule has 8 heteroatoms. The Bertz CT molecular complexity index is 909. The Hall–Kier alpha value is -2.03. The van der Waals surface area contributed by atoms with E-state index in [2.05, 4.69) is 5.10 Å². The highest BCUT2D eigenvalue weighted by molar-refractivity contribution is 7.87. The van der Waals surface area contributed by atoms with Gasteiger partial charge in [0.25, 0.3) is 0 Å². The van der Waals surface area contributed by atoms with E-state index in [1.807, 2.05) is 19.1 Å². The Morgan fingerprint density at radius 3 is 2.36 bits per heavy atom. The number of nitrogens with zero attached hydrogens (tertiary/aromatic N) is 2. The van der Waals surface area contributed by atoms with Crippen molar-refractivity contribution in [2.45, 2.75) is 35.4 Å². The third kappa shape index (κ3) is 3.97. The molecule has 2 aromatic rings. The summed E-state index contributed by atoms with van der Waals surface area (Å²) in [6.07, 6.45) is 0.366. The summed E-state index contributed by atoms with van der Waals surface area (Å²) in [7, 11) is -5.53. The van der Waals surface area contributed by atoms with Crippen LogP contribution in [0.5, 0.6) is 0 Å². The zero-order chi connectivity index (χ0) is 18.0. The van der Waals surface area contributed by atoms with Crippen LogP contribution in [0.15, 0.2) is 69.5 Å². The van der Waals surface area contributed by atoms with Gasteiger partial charge in [-0.3, -0.25) is 4.21 Å². The number of benzene rings is 2. The molecule has 1 heterocycles. The minimum Gasteiger partial charge on any atom is -0.252 e. The van der Waals surface area contributed by atoms with Crippen molar-refractivity contribution in [3.05, 3.63) is 60.2 Å². The third-order valence-electron chi connectivity index (χ3n) is 3.69. The normalized spacial score (nSPS) is 18.9. The first-order valence-corrected chi connectivity index (χ1v) is 10.3. The van der Waals surface area contributed by atoms with Gasteiger partial charge in [0.05, 0.1) is 15.7 Å². The van der Waals surface area contributed by atoms with E-state index in [0.29, 0.717) is 17.0 Å². The predicted octanol–water partition coefficient (Wildman–Crippen LogP) is 2.83. The number of aryl methyl sites for hydroxylation is 1. The fourth-order valence-electron chi connectivity index (χ4n) is 2.39. The maximum absolute atomic E-state index is 12.9. The number of hydrogen-bond donors (Lipinski definition) is 0. The summed E-state index contributed by atoms with van der Waals surface area (Å²) in [6.45, 7) is 3.69. The van der Waals surface area contributed by atoms with Gasteiger partial charge in [-0.25, -0.2) is 0 Å². The highest BCUT2D eigenvalue weighted by Gasteiger charge is 2.35. The van der Waals surface area contributed by atoms with Crippen LogP contribution in [0.25, 0.3) is 0 Å². The fourth-order valence-corrected chi connectivity index (χ4v) is 4.72. The quantitative estimate of drug-likeness (QED) is 0.800. The first-order chi connectivity index (χ1) is 11.9. The van der Waals surface area contributed by atoms with Gasteiger partial charge in [-0.2, -0.15) is 13.5 Å². The first-order valence-electron chi connectivity index (χ1n) is 7.67. The lowest BCUT2D eigenvalue weighted by molar-refractivity contribution is -0.0510. The van der Waals surface area contributed by atoms with Crippen LogP contribution in [-0.4, -0.2) is 28.9 Å². The number of hydrazone groups is 1. The summed E-state index contributed by atoms with van der Waals surface area (Å²) in [4.78, 5) is 0.626. The molecule has 0 aromatic heterocycles. The summed E-state index contributed by atoms with van der Waals surface area (Å²) in [6, 6.07) is 15.1. The van der Waals surface area contributed by atoms with Gasteiger partial charge in [0.2, 0.25) is 0 Å². The van der Waals surface area contributed by atoms with Gasteiger partial charge in [0.15, 0.2) is 5.37 Å². The van der Waals surface area contributed by atoms with E-state index in [1.165, 1.54) is 12.1 Å². The van der Waals surface area contributed by atoms with Crippen molar-refractivity contribution in [2.24, 2.45) is 5.10 Å². The Labute approximate surface area is 149 Å². The Morgan fingerprint density at radius 1 is 1.08 bits per heavy atom. The lowest BCUT2D eigenvalue weighted by Crippen LogP contribution is -2.33. The smallest absolute Gasteiger partial charge is 0.252 e. The van der Waals surface area contributed by atoms with Crippen molar-refractivity contribution in [3.63, 3.8) is 0 Å². The average molecular weight is 378 g/mol. The van der Waals surface area contributed by atoms with E-state index in [1.54, 1.807) is 37.3 Å². The highest BCUT2D eigenvalue weighted by atomic mass is 32.2. The van der Waals surface area contributed by atoms with Crippen molar-refractivity contribution in [2.75, 3.05) is 0 Å². The fraction of sp³-hybridized carbons (Fsp3) is 0.235. The minimum absolute atomic E-state index is 0.0228. The summed E-state index contributed by atoms with van der Waals surface area (Å²) >= 11 is 0. The molecule has 0 N–H and O–H groups in total. The number of rotatable bonds is 5. The average Bonchev–Trinajstić information content (AvgIpc) is 2.95. The monoisotopic (exact) mass is 378 g/mol. The second kappa shape index (κ2) is 7.07. The first kappa shape index (κ1) is 17.8. The predicted molar refractivity (Wildman–Crippen MR) is 95.7 cm³/mol. The Kier molecular flexibility index (Phi) is 5.03. The molecular weight excluding hydrogens is 360 g/mol. The maximum Gasteiger partial charge on any atom is 0.319 e. The molecule has 0 aliphatic carbocycles. The van der Waals surface area contributed by atoms with E-state index < -0.39 is 26.3 Å². The molecule has 0 radical (unpaired) electrons. The minimum atomic E-state index is -4.04. The van der Waals surface area contributed by atoms with Crippen molar-refractivity contribution in [1.29, 1.82) is 0 Å². The van der Waals surface area contributed by atoms with E-state index in [0.717, 1.165) is 10.7 Å². The van der Waals surface area contributed by atoms with Crippen molar-refractivity contribution in [1.82, 2.24) is 5.17 Å². The lowest BCUT2D eigenvalue weighted by atomic mass is 10.2. The molecule has 25 heavy (non-hydrogen) atoms. The van der Waals surface area contributed by atoms with Crippen molar-refractivity contribution >= 4 is 26.6 Å². The molecule has 2 aromatic carbocycles. The van der Waals surface area contributed by atoms with E-state index >= 15 is 0 Å². The van der Waals surface area contributed by atoms with E-state index in [9.17, 15) is 12.6 Å². The molecule has 0 fully saturated rings. The van der Waals surface area contributed by atoms with Crippen LogP contribution < -0.4 is 0 Å². The third-order valence-corrected chi connectivity index (χ3v) is 6.47. The Morgan fingerprint density at radius 2 is 1.72 bits per heavy atom. The molecule has 0 amide bonds. The van der Waals surface area contributed by atoms with Crippen LogP contribution in [-0.2, 0) is 25.2 Å². The van der Waals surface area contributed by atoms with Gasteiger partial charge >= 0.3 is 10.1 Å². The summed E-state index contributed by atoms with van der Waals surface area (Å²) in [5, 5.41) is 4.36. The molecule has 2 atom stereocenters. The second-order valence-electron chi connectivity index (χ2n) is 5.75. The second-order valence-corrected chi connectivity index (χ2v) is 8.89. The van der Waals surface area contributed by atoms with Crippen LogP contribution >= 0.6 is 0 Å². The maximum atomic E-state index is 12.9. The van der Waals surface area contributed by atoms with Gasteiger partial charge < -0.3 is 0 Å². The SMILES string of the molecule is CC1=NN(OS(=O)(=O)c2ccccc2)C(S(=O)c2ccc(C)cc2)C1. The lowest BCUT2D eigenvalue weighted by Gasteiger charge is -2.21. The topological polar surface area (TPSA) is 76.0 Å². The van der Waals surface area contributed by atoms with Crippen LogP contribution in [0.3, 0.4) is 0 Å². The number of hydroxylamine groups is 1. The van der Waals surface area contributed by atoms with Crippen LogP contribution in [0, 0.1) is 6.92 Å². The molecular formula is C17H18N2O4S2. The van der Waals surface area contributed by atoms with Crippen molar-refractivity contribution in [3.8, 4) is 0 Å². The van der Waals surface area contributed by atoms with Gasteiger partial charge in [0.1, 0.15) is 0 Å². The van der Waals surface area contributed by atoms with Gasteiger partial charge in [-0.15, -0.1) is 9.46 Å². The van der Waals surface area contributed by atoms with Gasteiger partial charge in [-0.1, -0.05) is 35.9 Å². The molecule has 2 unspecified atom stereocenters. The molecule has 3 rings (SSSR count). The van der Waals surface area contributed by atoms with Gasteiger partial charge in [-0.05, 0) is 38.1 Å².